The second kappa shape index (κ2) is 8.47. The number of nitrogens with one attached hydrogen (secondary N) is 1. The van der Waals surface area contributed by atoms with E-state index in [1.807, 2.05) is 0 Å². The summed E-state index contributed by atoms with van der Waals surface area (Å²) in [5.74, 6) is 1.54. The van der Waals surface area contributed by atoms with Gasteiger partial charge in [-0.3, -0.25) is 4.90 Å². The van der Waals surface area contributed by atoms with Gasteiger partial charge in [-0.15, -0.1) is 0 Å². The first-order chi connectivity index (χ1) is 11.3. The maximum absolute atomic E-state index is 9.07. The van der Waals surface area contributed by atoms with Crippen molar-refractivity contribution in [1.82, 2.24) is 10.2 Å². The molecule has 23 heavy (non-hydrogen) atoms. The van der Waals surface area contributed by atoms with Gasteiger partial charge in [0.1, 0.15) is 0 Å². The van der Waals surface area contributed by atoms with Crippen molar-refractivity contribution in [3.63, 3.8) is 0 Å². The van der Waals surface area contributed by atoms with Gasteiger partial charge in [0.2, 0.25) is 0 Å². The number of piperidine rings is 1. The van der Waals surface area contributed by atoms with Gasteiger partial charge in [-0.1, -0.05) is 43.2 Å². The van der Waals surface area contributed by atoms with E-state index in [1.165, 1.54) is 44.2 Å². The number of hydrogen-bond acceptors (Lipinski definition) is 3. The van der Waals surface area contributed by atoms with E-state index in [-0.39, 0.29) is 0 Å². The van der Waals surface area contributed by atoms with Crippen LogP contribution in [0.2, 0.25) is 0 Å². The monoisotopic (exact) mass is 311 g/mol. The van der Waals surface area contributed by atoms with Crippen LogP contribution in [-0.4, -0.2) is 37.1 Å². The molecule has 0 radical (unpaired) electrons. The minimum atomic E-state index is 0.548. The van der Waals surface area contributed by atoms with Crippen LogP contribution in [0, 0.1) is 23.2 Å². The molecule has 1 aromatic rings. The highest BCUT2D eigenvalue weighted by Gasteiger charge is 2.27. The summed E-state index contributed by atoms with van der Waals surface area (Å²) in [5, 5.41) is 12.9. The van der Waals surface area contributed by atoms with Gasteiger partial charge < -0.3 is 5.32 Å². The zero-order valence-electron chi connectivity index (χ0n) is 14.1. The standard InChI is InChI=1S/C20H29N3/c21-10-11-23-15-19(12-17-6-2-1-3-7-17)13-20(16-23)22-14-18-8-4-5-9-18/h1-3,6-7,18-20,22H,4-5,8-9,11-16H2. The third-order valence-corrected chi connectivity index (χ3v) is 5.44. The minimum absolute atomic E-state index is 0.548. The summed E-state index contributed by atoms with van der Waals surface area (Å²) in [7, 11) is 0. The maximum atomic E-state index is 9.07. The van der Waals surface area contributed by atoms with E-state index in [0.717, 1.165) is 25.4 Å². The lowest BCUT2D eigenvalue weighted by Gasteiger charge is -2.37. The molecule has 1 aromatic carbocycles. The molecule has 124 valence electrons. The zero-order chi connectivity index (χ0) is 15.9. The van der Waals surface area contributed by atoms with Crippen LogP contribution in [0.25, 0.3) is 0 Å². The van der Waals surface area contributed by atoms with E-state index < -0.39 is 0 Å². The largest absolute Gasteiger partial charge is 0.312 e. The predicted octanol–water partition coefficient (Wildman–Crippen LogP) is 3.22. The summed E-state index contributed by atoms with van der Waals surface area (Å²) < 4.78 is 0. The Hall–Kier alpha value is -1.37. The first kappa shape index (κ1) is 16.5. The van der Waals surface area contributed by atoms with Gasteiger partial charge in [0.05, 0.1) is 12.6 Å². The molecule has 1 N–H and O–H groups in total. The van der Waals surface area contributed by atoms with Gasteiger partial charge in [0.15, 0.2) is 0 Å². The van der Waals surface area contributed by atoms with Crippen LogP contribution in [0.1, 0.15) is 37.7 Å². The van der Waals surface area contributed by atoms with Crippen LogP contribution in [0.3, 0.4) is 0 Å². The quantitative estimate of drug-likeness (QED) is 0.820. The Balaban J connectivity index is 1.55. The number of rotatable bonds is 6. The van der Waals surface area contributed by atoms with E-state index in [4.69, 9.17) is 5.26 Å². The number of nitrogens with zero attached hydrogens (tertiary/aromatic N) is 2. The Morgan fingerprint density at radius 2 is 1.87 bits per heavy atom. The van der Waals surface area contributed by atoms with E-state index in [0.29, 0.717) is 18.5 Å². The van der Waals surface area contributed by atoms with Crippen LogP contribution >= 0.6 is 0 Å². The van der Waals surface area contributed by atoms with Gasteiger partial charge in [0, 0.05) is 19.1 Å². The van der Waals surface area contributed by atoms with Crippen LogP contribution in [0.15, 0.2) is 30.3 Å². The fourth-order valence-electron chi connectivity index (χ4n) is 4.32. The van der Waals surface area contributed by atoms with Crippen molar-refractivity contribution in [2.24, 2.45) is 11.8 Å². The molecule has 3 heteroatoms. The van der Waals surface area contributed by atoms with Crippen molar-refractivity contribution < 1.29 is 0 Å². The van der Waals surface area contributed by atoms with E-state index in [2.05, 4.69) is 46.6 Å². The van der Waals surface area contributed by atoms with Gasteiger partial charge >= 0.3 is 0 Å². The third-order valence-electron chi connectivity index (χ3n) is 5.44. The first-order valence-corrected chi connectivity index (χ1v) is 9.20. The van der Waals surface area contributed by atoms with Crippen LogP contribution in [-0.2, 0) is 6.42 Å². The second-order valence-electron chi connectivity index (χ2n) is 7.40. The summed E-state index contributed by atoms with van der Waals surface area (Å²) in [6.07, 6.45) is 7.99. The van der Waals surface area contributed by atoms with Crippen molar-refractivity contribution in [3.05, 3.63) is 35.9 Å². The SMILES string of the molecule is N#CCN1CC(Cc2ccccc2)CC(NCC2CCCC2)C1. The molecule has 0 spiro atoms. The van der Waals surface area contributed by atoms with Crippen molar-refractivity contribution in [2.75, 3.05) is 26.2 Å². The topological polar surface area (TPSA) is 39.1 Å². The average Bonchev–Trinajstić information content (AvgIpc) is 3.08. The average molecular weight is 311 g/mol. The number of likely N-dealkylation sites (tertiary alicyclic amines) is 1. The normalized spacial score (nSPS) is 26.2. The Kier molecular flexibility index (Phi) is 6.07. The number of benzene rings is 1. The summed E-state index contributed by atoms with van der Waals surface area (Å²) >= 11 is 0. The Morgan fingerprint density at radius 1 is 1.09 bits per heavy atom. The smallest absolute Gasteiger partial charge is 0.0866 e. The Labute approximate surface area is 140 Å². The van der Waals surface area contributed by atoms with E-state index in [1.54, 1.807) is 0 Å². The van der Waals surface area contributed by atoms with Crippen molar-refractivity contribution in [1.29, 1.82) is 5.26 Å². The predicted molar refractivity (Wildman–Crippen MR) is 94.1 cm³/mol. The Morgan fingerprint density at radius 3 is 2.61 bits per heavy atom. The maximum Gasteiger partial charge on any atom is 0.0866 e. The summed E-state index contributed by atoms with van der Waals surface area (Å²) in [4.78, 5) is 2.34. The lowest BCUT2D eigenvalue weighted by molar-refractivity contribution is 0.152. The lowest BCUT2D eigenvalue weighted by atomic mass is 9.88. The fourth-order valence-corrected chi connectivity index (χ4v) is 4.32. The summed E-state index contributed by atoms with van der Waals surface area (Å²) in [6.45, 7) is 3.83. The summed E-state index contributed by atoms with van der Waals surface area (Å²) in [5.41, 5.74) is 1.42. The third kappa shape index (κ3) is 5.06. The molecular formula is C20H29N3. The Bertz CT molecular complexity index is 501. The molecule has 1 heterocycles. The lowest BCUT2D eigenvalue weighted by Crippen LogP contribution is -2.50. The molecule has 1 saturated heterocycles. The van der Waals surface area contributed by atoms with Crippen molar-refractivity contribution in [2.45, 2.75) is 44.6 Å². The highest BCUT2D eigenvalue weighted by Crippen LogP contribution is 2.25. The molecule has 3 rings (SSSR count). The zero-order valence-corrected chi connectivity index (χ0v) is 14.1. The molecule has 1 aliphatic carbocycles. The molecule has 0 amide bonds. The summed E-state index contributed by atoms with van der Waals surface area (Å²) in [6, 6.07) is 13.7. The first-order valence-electron chi connectivity index (χ1n) is 9.20. The molecule has 1 saturated carbocycles. The molecule has 2 atom stereocenters. The molecule has 2 unspecified atom stereocenters. The van der Waals surface area contributed by atoms with Gasteiger partial charge in [0.25, 0.3) is 0 Å². The second-order valence-corrected chi connectivity index (χ2v) is 7.40. The minimum Gasteiger partial charge on any atom is -0.312 e. The van der Waals surface area contributed by atoms with Gasteiger partial charge in [-0.25, -0.2) is 0 Å². The number of hydrogen-bond donors (Lipinski definition) is 1. The van der Waals surface area contributed by atoms with Crippen molar-refractivity contribution >= 4 is 0 Å². The highest BCUT2D eigenvalue weighted by molar-refractivity contribution is 5.15. The molecule has 2 fully saturated rings. The van der Waals surface area contributed by atoms with E-state index in [9.17, 15) is 0 Å². The van der Waals surface area contributed by atoms with Crippen molar-refractivity contribution in [3.8, 4) is 6.07 Å². The van der Waals surface area contributed by atoms with Gasteiger partial charge in [-0.2, -0.15) is 5.26 Å². The van der Waals surface area contributed by atoms with E-state index >= 15 is 0 Å². The fraction of sp³-hybridized carbons (Fsp3) is 0.650. The van der Waals surface area contributed by atoms with Crippen LogP contribution < -0.4 is 5.32 Å². The molecular weight excluding hydrogens is 282 g/mol. The number of nitriles is 1. The molecule has 1 aliphatic heterocycles. The van der Waals surface area contributed by atoms with Crippen LogP contribution in [0.4, 0.5) is 0 Å². The van der Waals surface area contributed by atoms with Gasteiger partial charge in [-0.05, 0) is 49.6 Å². The molecule has 0 bridgehead atoms. The molecule has 0 aromatic heterocycles. The molecule has 2 aliphatic rings. The molecule has 3 nitrogen and oxygen atoms in total. The highest BCUT2D eigenvalue weighted by atomic mass is 15.2. The van der Waals surface area contributed by atoms with Crippen LogP contribution in [0.5, 0.6) is 0 Å².